The van der Waals surface area contributed by atoms with Crippen molar-refractivity contribution in [3.63, 3.8) is 0 Å². The summed E-state index contributed by atoms with van der Waals surface area (Å²) in [6.45, 7) is 6.77. The van der Waals surface area contributed by atoms with E-state index in [2.05, 4.69) is 39.0 Å². The van der Waals surface area contributed by atoms with Crippen molar-refractivity contribution in [2.75, 3.05) is 0 Å². The molecule has 0 radical (unpaired) electrons. The molecule has 0 aromatic rings. The Hall–Kier alpha value is 0.270. The van der Waals surface area contributed by atoms with Crippen LogP contribution in [0, 0.1) is 0 Å². The first-order chi connectivity index (χ1) is 7.35. The summed E-state index contributed by atoms with van der Waals surface area (Å²) in [5.41, 5.74) is 0. The molecule has 0 spiro atoms. The third kappa shape index (κ3) is 10.5. The van der Waals surface area contributed by atoms with E-state index in [1.807, 2.05) is 0 Å². The minimum absolute atomic E-state index is 0.155. The Bertz CT molecular complexity index is 180. The molecule has 0 amide bonds. The molecule has 0 fully saturated rings. The SMILES string of the molecule is CC/C=C/C=C(\CCCC)[Te]CCCC. The zero-order valence-electron chi connectivity index (χ0n) is 10.6. The molecule has 0 aliphatic rings. The average molecular weight is 322 g/mol. The van der Waals surface area contributed by atoms with E-state index < -0.39 is 0 Å². The summed E-state index contributed by atoms with van der Waals surface area (Å²) in [6, 6.07) is 0. The van der Waals surface area contributed by atoms with Gasteiger partial charge in [-0.15, -0.1) is 0 Å². The predicted octanol–water partition coefficient (Wildman–Crippen LogP) is 4.95. The van der Waals surface area contributed by atoms with Crippen LogP contribution in [0.2, 0.25) is 4.47 Å². The fourth-order valence-electron chi connectivity index (χ4n) is 1.21. The Morgan fingerprint density at radius 3 is 2.40 bits per heavy atom. The van der Waals surface area contributed by atoms with Crippen LogP contribution >= 0.6 is 0 Å². The molecule has 0 heterocycles. The molecule has 0 bridgehead atoms. The second-order valence-corrected chi connectivity index (χ2v) is 7.26. The van der Waals surface area contributed by atoms with Crippen molar-refractivity contribution in [1.82, 2.24) is 0 Å². The van der Waals surface area contributed by atoms with Gasteiger partial charge >= 0.3 is 107 Å². The van der Waals surface area contributed by atoms with Crippen molar-refractivity contribution < 1.29 is 0 Å². The first-order valence-electron chi connectivity index (χ1n) is 6.33. The normalized spacial score (nSPS) is 12.6. The maximum absolute atomic E-state index is 2.40. The number of allylic oxidation sites excluding steroid dienone is 4. The number of rotatable bonds is 9. The fraction of sp³-hybridized carbons (Fsp3) is 0.714. The average Bonchev–Trinajstić information content (AvgIpc) is 2.25. The predicted molar refractivity (Wildman–Crippen MR) is 72.5 cm³/mol. The first kappa shape index (κ1) is 15.3. The zero-order chi connectivity index (χ0) is 11.4. The van der Waals surface area contributed by atoms with Gasteiger partial charge in [0, 0.05) is 0 Å². The van der Waals surface area contributed by atoms with Crippen molar-refractivity contribution >= 4 is 20.9 Å². The van der Waals surface area contributed by atoms with Crippen LogP contribution in [0.1, 0.15) is 59.3 Å². The Morgan fingerprint density at radius 1 is 1.07 bits per heavy atom. The van der Waals surface area contributed by atoms with E-state index in [9.17, 15) is 0 Å². The van der Waals surface area contributed by atoms with Gasteiger partial charge in [-0.3, -0.25) is 0 Å². The second kappa shape index (κ2) is 12.3. The van der Waals surface area contributed by atoms with Gasteiger partial charge in [0.15, 0.2) is 0 Å². The molecule has 0 saturated heterocycles. The summed E-state index contributed by atoms with van der Waals surface area (Å²) in [5, 5.41) is 0. The van der Waals surface area contributed by atoms with Gasteiger partial charge < -0.3 is 0 Å². The van der Waals surface area contributed by atoms with E-state index in [-0.39, 0.29) is 20.9 Å². The Kier molecular flexibility index (Phi) is 12.6. The van der Waals surface area contributed by atoms with Crippen molar-refractivity contribution in [2.24, 2.45) is 0 Å². The van der Waals surface area contributed by atoms with Crippen molar-refractivity contribution in [3.05, 3.63) is 21.8 Å². The van der Waals surface area contributed by atoms with Gasteiger partial charge in [-0.1, -0.05) is 0 Å². The van der Waals surface area contributed by atoms with Crippen LogP contribution in [0.15, 0.2) is 21.8 Å². The summed E-state index contributed by atoms with van der Waals surface area (Å²) >= 11 is 0.155. The molecule has 15 heavy (non-hydrogen) atoms. The summed E-state index contributed by atoms with van der Waals surface area (Å²) in [4.78, 5) is 0. The summed E-state index contributed by atoms with van der Waals surface area (Å²) in [6.07, 6.45) is 14.9. The Morgan fingerprint density at radius 2 is 1.80 bits per heavy atom. The molecular weight excluding hydrogens is 296 g/mol. The van der Waals surface area contributed by atoms with Gasteiger partial charge in [-0.25, -0.2) is 0 Å². The summed E-state index contributed by atoms with van der Waals surface area (Å²) in [5.74, 6) is 0. The van der Waals surface area contributed by atoms with E-state index in [4.69, 9.17) is 0 Å². The zero-order valence-corrected chi connectivity index (χ0v) is 12.9. The molecule has 1 heteroatoms. The molecule has 0 aromatic heterocycles. The standard InChI is InChI=1S/C14H26Te/c1-4-7-10-12-14(11-8-5-2)15-13-9-6-3/h7,10,12H,4-6,8-9,11,13H2,1-3H3/b10-7+,14-12+. The molecule has 0 saturated carbocycles. The van der Waals surface area contributed by atoms with Gasteiger partial charge in [-0.2, -0.15) is 0 Å². The van der Waals surface area contributed by atoms with Gasteiger partial charge in [0.2, 0.25) is 0 Å². The number of hydrogen-bond donors (Lipinski definition) is 0. The number of unbranched alkanes of at least 4 members (excludes halogenated alkanes) is 2. The molecule has 0 rings (SSSR count). The van der Waals surface area contributed by atoms with E-state index in [1.165, 1.54) is 36.6 Å². The van der Waals surface area contributed by atoms with Crippen LogP contribution < -0.4 is 0 Å². The number of hydrogen-bond acceptors (Lipinski definition) is 0. The van der Waals surface area contributed by atoms with E-state index in [0.29, 0.717) is 0 Å². The van der Waals surface area contributed by atoms with E-state index in [1.54, 1.807) is 3.62 Å². The van der Waals surface area contributed by atoms with E-state index >= 15 is 0 Å². The van der Waals surface area contributed by atoms with Crippen molar-refractivity contribution in [1.29, 1.82) is 0 Å². The van der Waals surface area contributed by atoms with Crippen molar-refractivity contribution in [3.8, 4) is 0 Å². The first-order valence-corrected chi connectivity index (χ1v) is 9.14. The van der Waals surface area contributed by atoms with Crippen LogP contribution in [0.4, 0.5) is 0 Å². The second-order valence-electron chi connectivity index (χ2n) is 3.77. The molecule has 0 aliphatic heterocycles. The van der Waals surface area contributed by atoms with Crippen LogP contribution in [-0.4, -0.2) is 20.9 Å². The molecule has 88 valence electrons. The van der Waals surface area contributed by atoms with Crippen LogP contribution in [0.3, 0.4) is 0 Å². The van der Waals surface area contributed by atoms with Crippen LogP contribution in [0.25, 0.3) is 0 Å². The van der Waals surface area contributed by atoms with Crippen LogP contribution in [0.5, 0.6) is 0 Å². The third-order valence-corrected chi connectivity index (χ3v) is 5.65. The van der Waals surface area contributed by atoms with Gasteiger partial charge in [0.05, 0.1) is 0 Å². The quantitative estimate of drug-likeness (QED) is 0.320. The maximum atomic E-state index is 2.40. The molecule has 0 atom stereocenters. The third-order valence-electron chi connectivity index (χ3n) is 2.22. The molecule has 0 nitrogen and oxygen atoms in total. The topological polar surface area (TPSA) is 0 Å². The summed E-state index contributed by atoms with van der Waals surface area (Å²) in [7, 11) is 0. The molecule has 0 N–H and O–H groups in total. The van der Waals surface area contributed by atoms with Crippen molar-refractivity contribution in [2.45, 2.75) is 63.8 Å². The Labute approximate surface area is 106 Å². The van der Waals surface area contributed by atoms with Crippen LogP contribution in [-0.2, 0) is 0 Å². The van der Waals surface area contributed by atoms with Gasteiger partial charge in [0.1, 0.15) is 0 Å². The van der Waals surface area contributed by atoms with Gasteiger partial charge in [0.25, 0.3) is 0 Å². The molecule has 0 aromatic carbocycles. The molecular formula is C14H26Te. The monoisotopic (exact) mass is 324 g/mol. The Balaban J connectivity index is 3.93. The van der Waals surface area contributed by atoms with Gasteiger partial charge in [-0.05, 0) is 0 Å². The fourth-order valence-corrected chi connectivity index (χ4v) is 4.52. The molecule has 0 aliphatic carbocycles. The minimum atomic E-state index is 0.155. The summed E-state index contributed by atoms with van der Waals surface area (Å²) < 4.78 is 3.28. The molecule has 0 unspecified atom stereocenters. The van der Waals surface area contributed by atoms with E-state index in [0.717, 1.165) is 6.42 Å².